The second kappa shape index (κ2) is 5.87. The molecule has 96 valence electrons. The largest absolute Gasteiger partial charge is 0.497 e. The Bertz CT molecular complexity index is 620. The fraction of sp³-hybridized carbons (Fsp3) is 0.133. The van der Waals surface area contributed by atoms with Crippen molar-refractivity contribution >= 4 is 0 Å². The minimum Gasteiger partial charge on any atom is -0.497 e. The summed E-state index contributed by atoms with van der Waals surface area (Å²) in [4.78, 5) is 0. The van der Waals surface area contributed by atoms with Crippen molar-refractivity contribution < 1.29 is 13.9 Å². The summed E-state index contributed by atoms with van der Waals surface area (Å²) in [6.07, 6.45) is 0. The Morgan fingerprint density at radius 3 is 2.74 bits per heavy atom. The van der Waals surface area contributed by atoms with Crippen molar-refractivity contribution in [2.45, 2.75) is 6.61 Å². The van der Waals surface area contributed by atoms with Gasteiger partial charge in [0.1, 0.15) is 23.9 Å². The van der Waals surface area contributed by atoms with Gasteiger partial charge in [-0.25, -0.2) is 4.39 Å². The zero-order valence-electron chi connectivity index (χ0n) is 10.4. The Morgan fingerprint density at radius 2 is 2.00 bits per heavy atom. The van der Waals surface area contributed by atoms with E-state index in [1.54, 1.807) is 7.11 Å². The molecule has 19 heavy (non-hydrogen) atoms. The van der Waals surface area contributed by atoms with Gasteiger partial charge in [0, 0.05) is 6.07 Å². The van der Waals surface area contributed by atoms with Gasteiger partial charge in [-0.15, -0.1) is 0 Å². The molecule has 0 bridgehead atoms. The quantitative estimate of drug-likeness (QED) is 0.844. The summed E-state index contributed by atoms with van der Waals surface area (Å²) in [5.74, 6) is 0.581. The zero-order valence-corrected chi connectivity index (χ0v) is 10.4. The molecule has 0 atom stereocenters. The molecule has 0 saturated carbocycles. The molecule has 0 N–H and O–H groups in total. The first-order valence-electron chi connectivity index (χ1n) is 5.67. The number of nitriles is 1. The van der Waals surface area contributed by atoms with E-state index in [-0.39, 0.29) is 12.2 Å². The average Bonchev–Trinajstić information content (AvgIpc) is 2.44. The van der Waals surface area contributed by atoms with Crippen molar-refractivity contribution in [3.8, 4) is 17.6 Å². The minimum absolute atomic E-state index is 0.237. The number of nitrogens with zero attached hydrogens (tertiary/aromatic N) is 1. The molecular formula is C15H12FNO2. The first-order chi connectivity index (χ1) is 9.21. The van der Waals surface area contributed by atoms with Gasteiger partial charge in [-0.05, 0) is 29.8 Å². The van der Waals surface area contributed by atoms with Crippen LogP contribution in [-0.4, -0.2) is 7.11 Å². The summed E-state index contributed by atoms with van der Waals surface area (Å²) in [5, 5.41) is 8.75. The number of rotatable bonds is 4. The van der Waals surface area contributed by atoms with E-state index in [1.807, 2.05) is 30.3 Å². The van der Waals surface area contributed by atoms with Crippen LogP contribution in [0.1, 0.15) is 11.1 Å². The molecule has 0 aliphatic rings. The number of halogens is 1. The first-order valence-corrected chi connectivity index (χ1v) is 5.67. The van der Waals surface area contributed by atoms with Crippen molar-refractivity contribution in [1.29, 1.82) is 5.26 Å². The molecule has 0 aromatic heterocycles. The summed E-state index contributed by atoms with van der Waals surface area (Å²) < 4.78 is 23.8. The maximum atomic E-state index is 13.2. The fourth-order valence-electron chi connectivity index (χ4n) is 1.64. The van der Waals surface area contributed by atoms with Crippen LogP contribution in [0.4, 0.5) is 4.39 Å². The van der Waals surface area contributed by atoms with Crippen molar-refractivity contribution in [2.75, 3.05) is 7.11 Å². The van der Waals surface area contributed by atoms with Gasteiger partial charge in [-0.1, -0.05) is 12.1 Å². The minimum atomic E-state index is -0.486. The predicted molar refractivity (Wildman–Crippen MR) is 68.4 cm³/mol. The summed E-state index contributed by atoms with van der Waals surface area (Å²) in [6.45, 7) is 0.283. The lowest BCUT2D eigenvalue weighted by atomic mass is 10.2. The summed E-state index contributed by atoms with van der Waals surface area (Å²) in [5.41, 5.74) is 1.14. The smallest absolute Gasteiger partial charge is 0.128 e. The summed E-state index contributed by atoms with van der Waals surface area (Å²) in [7, 11) is 1.59. The highest BCUT2D eigenvalue weighted by atomic mass is 19.1. The van der Waals surface area contributed by atoms with Crippen molar-refractivity contribution in [1.82, 2.24) is 0 Å². The third kappa shape index (κ3) is 3.46. The average molecular weight is 257 g/mol. The molecule has 0 aliphatic carbocycles. The molecule has 2 aromatic rings. The highest BCUT2D eigenvalue weighted by molar-refractivity contribution is 5.37. The second-order valence-corrected chi connectivity index (χ2v) is 3.93. The molecule has 0 heterocycles. The highest BCUT2D eigenvalue weighted by Gasteiger charge is 2.02. The molecule has 2 rings (SSSR count). The van der Waals surface area contributed by atoms with Crippen LogP contribution in [0, 0.1) is 17.1 Å². The summed E-state index contributed by atoms with van der Waals surface area (Å²) >= 11 is 0. The normalized spacial score (nSPS) is 9.74. The van der Waals surface area contributed by atoms with Crippen LogP contribution in [0.3, 0.4) is 0 Å². The lowest BCUT2D eigenvalue weighted by molar-refractivity contribution is 0.303. The predicted octanol–water partition coefficient (Wildman–Crippen LogP) is 3.28. The van der Waals surface area contributed by atoms with Crippen LogP contribution < -0.4 is 9.47 Å². The topological polar surface area (TPSA) is 42.2 Å². The monoisotopic (exact) mass is 257 g/mol. The zero-order chi connectivity index (χ0) is 13.7. The standard InChI is InChI=1S/C15H12FNO2/c1-18-14-4-2-3-11(6-14)10-19-15-7-12(9-17)5-13(16)8-15/h2-8H,10H2,1H3. The molecule has 0 spiro atoms. The lowest BCUT2D eigenvalue weighted by Crippen LogP contribution is -1.97. The van der Waals surface area contributed by atoms with Crippen LogP contribution in [0.5, 0.6) is 11.5 Å². The van der Waals surface area contributed by atoms with Gasteiger partial charge >= 0.3 is 0 Å². The van der Waals surface area contributed by atoms with Crippen molar-refractivity contribution in [3.63, 3.8) is 0 Å². The van der Waals surface area contributed by atoms with Crippen molar-refractivity contribution in [2.24, 2.45) is 0 Å². The van der Waals surface area contributed by atoms with Gasteiger partial charge in [0.2, 0.25) is 0 Å². The molecule has 0 unspecified atom stereocenters. The number of methoxy groups -OCH3 is 1. The Kier molecular flexibility index (Phi) is 3.99. The van der Waals surface area contributed by atoms with E-state index in [4.69, 9.17) is 14.7 Å². The summed E-state index contributed by atoms with van der Waals surface area (Å²) in [6, 6.07) is 13.2. The van der Waals surface area contributed by atoms with Crippen LogP contribution in [0.2, 0.25) is 0 Å². The van der Waals surface area contributed by atoms with Gasteiger partial charge in [0.15, 0.2) is 0 Å². The highest BCUT2D eigenvalue weighted by Crippen LogP contribution is 2.19. The number of ether oxygens (including phenoxy) is 2. The van der Waals surface area contributed by atoms with Gasteiger partial charge < -0.3 is 9.47 Å². The second-order valence-electron chi connectivity index (χ2n) is 3.93. The molecule has 0 fully saturated rings. The van der Waals surface area contributed by atoms with E-state index in [0.29, 0.717) is 5.75 Å². The van der Waals surface area contributed by atoms with Gasteiger partial charge in [0.25, 0.3) is 0 Å². The molecule has 4 heteroatoms. The van der Waals surface area contributed by atoms with Crippen LogP contribution in [0.15, 0.2) is 42.5 Å². The number of hydrogen-bond donors (Lipinski definition) is 0. The Balaban J connectivity index is 2.10. The Morgan fingerprint density at radius 1 is 1.16 bits per heavy atom. The van der Waals surface area contributed by atoms with Gasteiger partial charge in [-0.2, -0.15) is 5.26 Å². The molecule has 2 aromatic carbocycles. The van der Waals surface area contributed by atoms with E-state index >= 15 is 0 Å². The SMILES string of the molecule is COc1cccc(COc2cc(F)cc(C#N)c2)c1. The van der Waals surface area contributed by atoms with Crippen LogP contribution in [0.25, 0.3) is 0 Å². The van der Waals surface area contributed by atoms with E-state index in [2.05, 4.69) is 0 Å². The molecular weight excluding hydrogens is 245 g/mol. The molecule has 0 aliphatic heterocycles. The van der Waals surface area contributed by atoms with Crippen molar-refractivity contribution in [3.05, 3.63) is 59.4 Å². The van der Waals surface area contributed by atoms with E-state index in [9.17, 15) is 4.39 Å². The third-order valence-corrected chi connectivity index (χ3v) is 2.54. The molecule has 0 amide bonds. The van der Waals surface area contributed by atoms with Crippen LogP contribution >= 0.6 is 0 Å². The molecule has 0 saturated heterocycles. The third-order valence-electron chi connectivity index (χ3n) is 2.54. The number of hydrogen-bond acceptors (Lipinski definition) is 3. The van der Waals surface area contributed by atoms with Crippen LogP contribution in [-0.2, 0) is 6.61 Å². The number of benzene rings is 2. The maximum Gasteiger partial charge on any atom is 0.128 e. The van der Waals surface area contributed by atoms with Gasteiger partial charge in [0.05, 0.1) is 18.7 Å². The maximum absolute atomic E-state index is 13.2. The first kappa shape index (κ1) is 12.9. The fourth-order valence-corrected chi connectivity index (χ4v) is 1.64. The Hall–Kier alpha value is -2.54. The van der Waals surface area contributed by atoms with Gasteiger partial charge in [-0.3, -0.25) is 0 Å². The van der Waals surface area contributed by atoms with E-state index in [0.717, 1.165) is 11.3 Å². The van der Waals surface area contributed by atoms with E-state index < -0.39 is 5.82 Å². The molecule has 0 radical (unpaired) electrons. The van der Waals surface area contributed by atoms with E-state index in [1.165, 1.54) is 18.2 Å². The lowest BCUT2D eigenvalue weighted by Gasteiger charge is -2.08. The Labute approximate surface area is 110 Å². The molecule has 3 nitrogen and oxygen atoms in total.